The van der Waals surface area contributed by atoms with Crippen molar-refractivity contribution in [3.8, 4) is 0 Å². The Morgan fingerprint density at radius 3 is 2.96 bits per heavy atom. The maximum absolute atomic E-state index is 12.4. The highest BCUT2D eigenvalue weighted by atomic mass is 32.1. The van der Waals surface area contributed by atoms with Crippen molar-refractivity contribution >= 4 is 22.4 Å². The normalized spacial score (nSPS) is 23.1. The number of aryl methyl sites for hydroxylation is 1. The zero-order valence-corrected chi connectivity index (χ0v) is 14.5. The maximum Gasteiger partial charge on any atom is 0.223 e. The minimum atomic E-state index is 0.216. The molecule has 1 saturated carbocycles. The molecule has 1 saturated heterocycles. The molecule has 0 spiro atoms. The van der Waals surface area contributed by atoms with E-state index in [1.165, 1.54) is 43.4 Å². The lowest BCUT2D eigenvalue weighted by atomic mass is 9.85. The number of aromatic nitrogens is 1. The Kier molecular flexibility index (Phi) is 5.89. The first kappa shape index (κ1) is 16.7. The van der Waals surface area contributed by atoms with E-state index in [-0.39, 0.29) is 12.0 Å². The lowest BCUT2D eigenvalue weighted by Crippen LogP contribution is -2.46. The lowest BCUT2D eigenvalue weighted by molar-refractivity contribution is -0.139. The average Bonchev–Trinajstić information content (AvgIpc) is 2.99. The number of hydrogen-bond acceptors (Lipinski definition) is 5. The number of thiazole rings is 1. The summed E-state index contributed by atoms with van der Waals surface area (Å²) in [4.78, 5) is 18.6. The molecule has 2 N–H and O–H groups in total. The zero-order chi connectivity index (χ0) is 16.1. The number of nitrogens with two attached hydrogens (primary N) is 1. The van der Waals surface area contributed by atoms with Crippen LogP contribution in [0.2, 0.25) is 0 Å². The van der Waals surface area contributed by atoms with Gasteiger partial charge < -0.3 is 15.4 Å². The van der Waals surface area contributed by atoms with E-state index in [4.69, 9.17) is 10.5 Å². The first-order valence-electron chi connectivity index (χ1n) is 8.80. The third-order valence-electron chi connectivity index (χ3n) is 4.98. The van der Waals surface area contributed by atoms with Crippen LogP contribution >= 0.6 is 11.3 Å². The summed E-state index contributed by atoms with van der Waals surface area (Å²) in [5, 5.41) is 2.51. The van der Waals surface area contributed by atoms with Crippen molar-refractivity contribution in [2.24, 2.45) is 5.92 Å². The van der Waals surface area contributed by atoms with Crippen LogP contribution in [0.1, 0.15) is 50.6 Å². The molecule has 23 heavy (non-hydrogen) atoms. The Morgan fingerprint density at radius 2 is 2.22 bits per heavy atom. The molecule has 1 atom stereocenters. The standard InChI is InChI=1S/C17H27N3O2S/c18-17-19-14(12-23-17)6-7-16(21)20-8-9-22-15(11-20)10-13-4-2-1-3-5-13/h12-13,15H,1-11H2,(H2,18,19). The van der Waals surface area contributed by atoms with Crippen molar-refractivity contribution < 1.29 is 9.53 Å². The lowest BCUT2D eigenvalue weighted by Gasteiger charge is -2.35. The number of rotatable bonds is 5. The molecule has 128 valence electrons. The van der Waals surface area contributed by atoms with Gasteiger partial charge in [-0.2, -0.15) is 0 Å². The van der Waals surface area contributed by atoms with Gasteiger partial charge in [0.1, 0.15) is 0 Å². The Morgan fingerprint density at radius 1 is 1.39 bits per heavy atom. The van der Waals surface area contributed by atoms with E-state index in [2.05, 4.69) is 4.98 Å². The first-order valence-corrected chi connectivity index (χ1v) is 9.68. The number of hydrogen-bond donors (Lipinski definition) is 1. The van der Waals surface area contributed by atoms with Gasteiger partial charge >= 0.3 is 0 Å². The summed E-state index contributed by atoms with van der Waals surface area (Å²) in [5.41, 5.74) is 6.55. The molecule has 0 aromatic carbocycles. The van der Waals surface area contributed by atoms with Crippen LogP contribution in [0.25, 0.3) is 0 Å². The summed E-state index contributed by atoms with van der Waals surface area (Å²) in [6.07, 6.45) is 9.30. The second-order valence-electron chi connectivity index (χ2n) is 6.75. The number of morpholine rings is 1. The molecule has 1 amide bonds. The van der Waals surface area contributed by atoms with Gasteiger partial charge in [0.05, 0.1) is 18.4 Å². The van der Waals surface area contributed by atoms with Gasteiger partial charge in [-0.3, -0.25) is 4.79 Å². The molecule has 5 nitrogen and oxygen atoms in total. The van der Waals surface area contributed by atoms with Gasteiger partial charge in [0, 0.05) is 24.9 Å². The third kappa shape index (κ3) is 4.91. The maximum atomic E-state index is 12.4. The van der Waals surface area contributed by atoms with Crippen molar-refractivity contribution in [3.05, 3.63) is 11.1 Å². The highest BCUT2D eigenvalue weighted by Gasteiger charge is 2.27. The molecule has 2 heterocycles. The molecule has 0 radical (unpaired) electrons. The Labute approximate surface area is 142 Å². The smallest absolute Gasteiger partial charge is 0.223 e. The quantitative estimate of drug-likeness (QED) is 0.897. The molecular weight excluding hydrogens is 310 g/mol. The molecule has 1 aliphatic heterocycles. The Hall–Kier alpha value is -1.14. The average molecular weight is 337 g/mol. The van der Waals surface area contributed by atoms with E-state index in [1.807, 2.05) is 10.3 Å². The van der Waals surface area contributed by atoms with E-state index < -0.39 is 0 Å². The van der Waals surface area contributed by atoms with E-state index in [0.29, 0.717) is 24.6 Å². The summed E-state index contributed by atoms with van der Waals surface area (Å²) in [6.45, 7) is 2.15. The van der Waals surface area contributed by atoms with Gasteiger partial charge in [-0.25, -0.2) is 4.98 Å². The van der Waals surface area contributed by atoms with Crippen LogP contribution in [0.3, 0.4) is 0 Å². The molecule has 1 aromatic heterocycles. The van der Waals surface area contributed by atoms with Crippen molar-refractivity contribution in [2.75, 3.05) is 25.4 Å². The molecule has 1 aromatic rings. The van der Waals surface area contributed by atoms with Crippen LogP contribution in [-0.2, 0) is 16.0 Å². The molecular formula is C17H27N3O2S. The van der Waals surface area contributed by atoms with Crippen LogP contribution < -0.4 is 5.73 Å². The van der Waals surface area contributed by atoms with Crippen molar-refractivity contribution in [3.63, 3.8) is 0 Å². The predicted molar refractivity (Wildman–Crippen MR) is 92.4 cm³/mol. The van der Waals surface area contributed by atoms with E-state index in [0.717, 1.165) is 31.1 Å². The van der Waals surface area contributed by atoms with Gasteiger partial charge in [0.25, 0.3) is 0 Å². The molecule has 0 bridgehead atoms. The Bertz CT molecular complexity index is 514. The summed E-state index contributed by atoms with van der Waals surface area (Å²) < 4.78 is 5.91. The summed E-state index contributed by atoms with van der Waals surface area (Å²) in [7, 11) is 0. The fraction of sp³-hybridized carbons (Fsp3) is 0.765. The van der Waals surface area contributed by atoms with Gasteiger partial charge in [0.2, 0.25) is 5.91 Å². The van der Waals surface area contributed by atoms with Crippen LogP contribution in [0.15, 0.2) is 5.38 Å². The number of nitrogens with zero attached hydrogens (tertiary/aromatic N) is 2. The van der Waals surface area contributed by atoms with Gasteiger partial charge in [0.15, 0.2) is 5.13 Å². The number of nitrogen functional groups attached to an aromatic ring is 1. The minimum Gasteiger partial charge on any atom is -0.375 e. The molecule has 3 rings (SSSR count). The van der Waals surface area contributed by atoms with Gasteiger partial charge in [-0.1, -0.05) is 32.1 Å². The number of amides is 1. The van der Waals surface area contributed by atoms with Crippen molar-refractivity contribution in [1.29, 1.82) is 0 Å². The minimum absolute atomic E-state index is 0.216. The van der Waals surface area contributed by atoms with Crippen LogP contribution in [0.4, 0.5) is 5.13 Å². The number of carbonyl (C=O) groups excluding carboxylic acids is 1. The summed E-state index contributed by atoms with van der Waals surface area (Å²) in [5.74, 6) is 1.01. The second-order valence-corrected chi connectivity index (χ2v) is 7.64. The van der Waals surface area contributed by atoms with Crippen LogP contribution in [0, 0.1) is 5.92 Å². The van der Waals surface area contributed by atoms with E-state index in [9.17, 15) is 4.79 Å². The third-order valence-corrected chi connectivity index (χ3v) is 5.70. The van der Waals surface area contributed by atoms with E-state index in [1.54, 1.807) is 0 Å². The zero-order valence-electron chi connectivity index (χ0n) is 13.7. The largest absolute Gasteiger partial charge is 0.375 e. The fourth-order valence-electron chi connectivity index (χ4n) is 3.71. The monoisotopic (exact) mass is 337 g/mol. The molecule has 6 heteroatoms. The summed E-state index contributed by atoms with van der Waals surface area (Å²) >= 11 is 1.43. The molecule has 2 fully saturated rings. The second kappa shape index (κ2) is 8.11. The SMILES string of the molecule is Nc1nc(CCC(=O)N2CCOC(CC3CCCCC3)C2)cs1. The van der Waals surface area contributed by atoms with Crippen LogP contribution in [-0.4, -0.2) is 41.6 Å². The predicted octanol–water partition coefficient (Wildman–Crippen LogP) is 2.86. The molecule has 1 aliphatic carbocycles. The highest BCUT2D eigenvalue weighted by Crippen LogP contribution is 2.29. The van der Waals surface area contributed by atoms with Crippen LogP contribution in [0.5, 0.6) is 0 Å². The van der Waals surface area contributed by atoms with Crippen molar-refractivity contribution in [2.45, 2.75) is 57.5 Å². The molecule has 2 aliphatic rings. The summed E-state index contributed by atoms with van der Waals surface area (Å²) in [6, 6.07) is 0. The Balaban J connectivity index is 1.44. The van der Waals surface area contributed by atoms with E-state index >= 15 is 0 Å². The van der Waals surface area contributed by atoms with Crippen molar-refractivity contribution in [1.82, 2.24) is 9.88 Å². The van der Waals surface area contributed by atoms with Gasteiger partial charge in [-0.15, -0.1) is 11.3 Å². The van der Waals surface area contributed by atoms with Gasteiger partial charge in [-0.05, 0) is 18.8 Å². The number of anilines is 1. The number of carbonyl (C=O) groups is 1. The number of ether oxygens (including phenoxy) is 1. The molecule has 1 unspecified atom stereocenters. The highest BCUT2D eigenvalue weighted by molar-refractivity contribution is 7.13. The topological polar surface area (TPSA) is 68.5 Å². The first-order chi connectivity index (χ1) is 11.2. The fourth-order valence-corrected chi connectivity index (χ4v) is 4.31.